The van der Waals surface area contributed by atoms with Gasteiger partial charge in [-0.05, 0) is 40.7 Å². The average Bonchev–Trinajstić information content (AvgIpc) is 2.71. The van der Waals surface area contributed by atoms with Gasteiger partial charge >= 0.3 is 0 Å². The number of rotatable bonds is 5. The molecular formula is C25H26ClN. The Balaban J connectivity index is 0.00000210. The first kappa shape index (κ1) is 19.4. The lowest BCUT2D eigenvalue weighted by atomic mass is 9.91. The monoisotopic (exact) mass is 375 g/mol. The fraction of sp³-hybridized carbons (Fsp3) is 0.200. The van der Waals surface area contributed by atoms with Crippen molar-refractivity contribution in [1.82, 2.24) is 4.90 Å². The highest BCUT2D eigenvalue weighted by Gasteiger charge is 2.15. The highest BCUT2D eigenvalue weighted by atomic mass is 35.5. The van der Waals surface area contributed by atoms with E-state index in [2.05, 4.69) is 95.9 Å². The van der Waals surface area contributed by atoms with Gasteiger partial charge in [0.25, 0.3) is 0 Å². The Bertz CT molecular complexity index is 871. The van der Waals surface area contributed by atoms with Crippen LogP contribution in [0.2, 0.25) is 0 Å². The molecular weight excluding hydrogens is 350 g/mol. The van der Waals surface area contributed by atoms with Crippen molar-refractivity contribution in [3.63, 3.8) is 0 Å². The summed E-state index contributed by atoms with van der Waals surface area (Å²) in [5.74, 6) is 0. The second-order valence-electron chi connectivity index (χ2n) is 7.02. The predicted octanol–water partition coefficient (Wildman–Crippen LogP) is 5.99. The van der Waals surface area contributed by atoms with Gasteiger partial charge in [0.1, 0.15) is 0 Å². The molecule has 0 aliphatic carbocycles. The number of halogens is 1. The molecule has 1 heterocycles. The van der Waals surface area contributed by atoms with Crippen LogP contribution in [0, 0.1) is 0 Å². The van der Waals surface area contributed by atoms with Crippen molar-refractivity contribution >= 4 is 18.0 Å². The van der Waals surface area contributed by atoms with E-state index in [0.717, 1.165) is 32.5 Å². The van der Waals surface area contributed by atoms with E-state index >= 15 is 0 Å². The highest BCUT2D eigenvalue weighted by molar-refractivity contribution is 5.85. The van der Waals surface area contributed by atoms with Crippen molar-refractivity contribution in [2.45, 2.75) is 19.4 Å². The molecule has 1 aliphatic heterocycles. The predicted molar refractivity (Wildman–Crippen MR) is 117 cm³/mol. The Kier molecular flexibility index (Phi) is 6.86. The van der Waals surface area contributed by atoms with E-state index in [1.165, 1.54) is 27.8 Å². The Morgan fingerprint density at radius 3 is 2.00 bits per heavy atom. The summed E-state index contributed by atoms with van der Waals surface area (Å²) in [4.78, 5) is 2.53. The first-order chi connectivity index (χ1) is 12.9. The zero-order chi connectivity index (χ0) is 17.6. The second-order valence-corrected chi connectivity index (χ2v) is 7.02. The van der Waals surface area contributed by atoms with Gasteiger partial charge in [-0.25, -0.2) is 0 Å². The lowest BCUT2D eigenvalue weighted by Gasteiger charge is -2.27. The molecule has 3 aromatic rings. The van der Waals surface area contributed by atoms with Crippen molar-refractivity contribution in [1.29, 1.82) is 0 Å². The van der Waals surface area contributed by atoms with E-state index < -0.39 is 0 Å². The minimum absolute atomic E-state index is 0. The minimum Gasteiger partial charge on any atom is -0.295 e. The molecule has 0 spiro atoms. The fourth-order valence-corrected chi connectivity index (χ4v) is 3.74. The molecule has 1 aliphatic rings. The summed E-state index contributed by atoms with van der Waals surface area (Å²) in [6, 6.07) is 30.4. The summed E-state index contributed by atoms with van der Waals surface area (Å²) in [5.41, 5.74) is 7.13. The Morgan fingerprint density at radius 2 is 1.33 bits per heavy atom. The van der Waals surface area contributed by atoms with Crippen molar-refractivity contribution in [2.75, 3.05) is 13.1 Å². The molecule has 27 heavy (non-hydrogen) atoms. The first-order valence-corrected chi connectivity index (χ1v) is 9.46. The maximum atomic E-state index is 2.53. The molecule has 0 saturated carbocycles. The number of hydrogen-bond acceptors (Lipinski definition) is 1. The van der Waals surface area contributed by atoms with E-state index in [1.807, 2.05) is 0 Å². The lowest BCUT2D eigenvalue weighted by molar-refractivity contribution is 0.294. The van der Waals surface area contributed by atoms with E-state index in [4.69, 9.17) is 0 Å². The summed E-state index contributed by atoms with van der Waals surface area (Å²) < 4.78 is 0. The topological polar surface area (TPSA) is 3.24 Å². The van der Waals surface area contributed by atoms with Crippen molar-refractivity contribution in [3.05, 3.63) is 113 Å². The van der Waals surface area contributed by atoms with E-state index in [-0.39, 0.29) is 12.4 Å². The molecule has 0 bridgehead atoms. The van der Waals surface area contributed by atoms with Gasteiger partial charge in [0.2, 0.25) is 0 Å². The van der Waals surface area contributed by atoms with E-state index in [0.29, 0.717) is 0 Å². The van der Waals surface area contributed by atoms with Crippen LogP contribution in [-0.4, -0.2) is 18.0 Å². The highest BCUT2D eigenvalue weighted by Crippen LogP contribution is 2.27. The molecule has 0 atom stereocenters. The van der Waals surface area contributed by atoms with Crippen molar-refractivity contribution in [3.8, 4) is 0 Å². The smallest absolute Gasteiger partial charge is 0.0237 e. The van der Waals surface area contributed by atoms with Crippen LogP contribution in [0.25, 0.3) is 5.57 Å². The maximum absolute atomic E-state index is 2.53. The molecule has 0 radical (unpaired) electrons. The third-order valence-electron chi connectivity index (χ3n) is 5.14. The molecule has 0 aromatic heterocycles. The fourth-order valence-electron chi connectivity index (χ4n) is 3.74. The molecule has 0 amide bonds. The van der Waals surface area contributed by atoms with Gasteiger partial charge in [-0.15, -0.1) is 12.4 Å². The van der Waals surface area contributed by atoms with E-state index in [9.17, 15) is 0 Å². The standard InChI is InChI=1S/C25H25N.ClH/c1-3-9-21(10-4-1)19-24-13-7-8-14-25(24)23-15-17-26(18-16-23)20-22-11-5-2-6-12-22;/h1-15H,16-20H2;1H. The first-order valence-electron chi connectivity index (χ1n) is 9.46. The average molecular weight is 376 g/mol. The van der Waals surface area contributed by atoms with Gasteiger partial charge in [-0.1, -0.05) is 91.0 Å². The molecule has 0 N–H and O–H groups in total. The molecule has 0 fully saturated rings. The van der Waals surface area contributed by atoms with Crippen molar-refractivity contribution < 1.29 is 0 Å². The minimum atomic E-state index is 0. The Labute approximate surface area is 168 Å². The summed E-state index contributed by atoms with van der Waals surface area (Å²) in [7, 11) is 0. The van der Waals surface area contributed by atoms with Crippen LogP contribution in [0.4, 0.5) is 0 Å². The summed E-state index contributed by atoms with van der Waals surface area (Å²) in [6.45, 7) is 3.20. The van der Waals surface area contributed by atoms with Crippen LogP contribution in [0.5, 0.6) is 0 Å². The molecule has 138 valence electrons. The quantitative estimate of drug-likeness (QED) is 0.529. The van der Waals surface area contributed by atoms with Crippen molar-refractivity contribution in [2.24, 2.45) is 0 Å². The third-order valence-corrected chi connectivity index (χ3v) is 5.14. The molecule has 3 aromatic carbocycles. The largest absolute Gasteiger partial charge is 0.295 e. The molecule has 0 saturated heterocycles. The number of nitrogens with zero attached hydrogens (tertiary/aromatic N) is 1. The summed E-state index contributed by atoms with van der Waals surface area (Å²) in [6.07, 6.45) is 4.55. The SMILES string of the molecule is C1=C(c2ccccc2Cc2ccccc2)CCN(Cc2ccccc2)C1.Cl. The van der Waals surface area contributed by atoms with Gasteiger partial charge in [0.15, 0.2) is 0 Å². The van der Waals surface area contributed by atoms with Crippen LogP contribution in [-0.2, 0) is 13.0 Å². The molecule has 1 nitrogen and oxygen atoms in total. The molecule has 2 heteroatoms. The number of hydrogen-bond donors (Lipinski definition) is 0. The van der Waals surface area contributed by atoms with Crippen LogP contribution < -0.4 is 0 Å². The zero-order valence-electron chi connectivity index (χ0n) is 15.6. The van der Waals surface area contributed by atoms with Gasteiger partial charge in [-0.3, -0.25) is 4.90 Å². The lowest BCUT2D eigenvalue weighted by Crippen LogP contribution is -2.28. The molecule has 4 rings (SSSR count). The third kappa shape index (κ3) is 5.09. The molecule has 0 unspecified atom stereocenters. The zero-order valence-corrected chi connectivity index (χ0v) is 16.4. The van der Waals surface area contributed by atoms with Crippen LogP contribution in [0.15, 0.2) is 91.0 Å². The Hall–Kier alpha value is -2.35. The van der Waals surface area contributed by atoms with E-state index in [1.54, 1.807) is 0 Å². The van der Waals surface area contributed by atoms with Crippen LogP contribution >= 0.6 is 12.4 Å². The van der Waals surface area contributed by atoms with Crippen LogP contribution in [0.3, 0.4) is 0 Å². The summed E-state index contributed by atoms with van der Waals surface area (Å²) >= 11 is 0. The van der Waals surface area contributed by atoms with Gasteiger partial charge < -0.3 is 0 Å². The van der Waals surface area contributed by atoms with Crippen LogP contribution in [0.1, 0.15) is 28.7 Å². The van der Waals surface area contributed by atoms with Gasteiger partial charge in [-0.2, -0.15) is 0 Å². The number of benzene rings is 3. The Morgan fingerprint density at radius 1 is 0.704 bits per heavy atom. The van der Waals surface area contributed by atoms with Gasteiger partial charge in [0, 0.05) is 19.6 Å². The normalized spacial score (nSPS) is 14.3. The maximum Gasteiger partial charge on any atom is 0.0237 e. The van der Waals surface area contributed by atoms with Gasteiger partial charge in [0.05, 0.1) is 0 Å². The summed E-state index contributed by atoms with van der Waals surface area (Å²) in [5, 5.41) is 0. The second kappa shape index (κ2) is 9.55.